The molecule has 8 nitrogen and oxygen atoms in total. The van der Waals surface area contributed by atoms with E-state index in [2.05, 4.69) is 61.5 Å². The number of unbranched alkanes of at least 4 members (excludes halogenated alkanes) is 28. The topological polar surface area (TPSA) is 145 Å². The predicted octanol–water partition coefficient (Wildman–Crippen LogP) is 13.4. The molecule has 0 aliphatic heterocycles. The lowest BCUT2D eigenvalue weighted by atomic mass is 10.0. The smallest absolute Gasteiger partial charge is 0.293 e. The number of nitrogens with two attached hydrogens (primary N) is 3. The Morgan fingerprint density at radius 1 is 0.483 bits per heavy atom. The molecule has 0 aliphatic rings. The largest absolute Gasteiger partial charge is 0.464 e. The number of rotatable bonds is 40. The zero-order valence-corrected chi connectivity index (χ0v) is 40.3. The zero-order chi connectivity index (χ0) is 44.7. The molecule has 0 heterocycles. The van der Waals surface area contributed by atoms with Gasteiger partial charge in [0.15, 0.2) is 0 Å². The first-order chi connectivity index (χ1) is 28.6. The molecule has 58 heavy (non-hydrogen) atoms. The van der Waals surface area contributed by atoms with Crippen LogP contribution in [0.1, 0.15) is 240 Å². The first-order valence-corrected chi connectivity index (χ1v) is 24.5. The average Bonchev–Trinajstić information content (AvgIpc) is 3.25. The summed E-state index contributed by atoms with van der Waals surface area (Å²) in [5, 5.41) is 7.00. The maximum Gasteiger partial charge on any atom is 0.293 e. The number of ether oxygens (including phenoxy) is 1. The van der Waals surface area contributed by atoms with Crippen molar-refractivity contribution in [2.45, 2.75) is 240 Å². The number of aldehydes is 1. The Bertz CT molecular complexity index is 682. The number of carbonyl (C=O) groups excluding carboxylic acids is 2. The van der Waals surface area contributed by atoms with E-state index in [0.717, 1.165) is 45.6 Å². The van der Waals surface area contributed by atoms with Gasteiger partial charge in [-0.3, -0.25) is 4.79 Å². The van der Waals surface area contributed by atoms with E-state index in [-0.39, 0.29) is 0 Å². The third-order valence-corrected chi connectivity index (χ3v) is 9.66. The molecule has 0 unspecified atom stereocenters. The van der Waals surface area contributed by atoms with Gasteiger partial charge in [0.2, 0.25) is 0 Å². The second-order valence-electron chi connectivity index (χ2n) is 15.1. The standard InChI is InChI=1S/C27H58N2.C10H18O2.C9H18O.C2H5N.CH5N.CH4O/c1-3-5-7-9-11-12-13-14-15-16-17-18-20-22-26-29(27-23-24-28)25-21-19-10-8-6-4-2;1-2-3-4-5-6-7-8-9-12-10-11;1-2-3-4-5-6-7-8-9-10;1-2-3;2*1-2/h3-28H2,1-2H3;7-8,10H,2-6,9H2,1H3;9H,2-8H2,1H3;2H,1,3H2;2H2,1H3;2H,1H3/b;8-7-;;;;. The van der Waals surface area contributed by atoms with Gasteiger partial charge in [-0.15, -0.1) is 0 Å². The van der Waals surface area contributed by atoms with Crippen LogP contribution in [0, 0.1) is 0 Å². The van der Waals surface area contributed by atoms with Crippen molar-refractivity contribution in [2.75, 3.05) is 46.9 Å². The highest BCUT2D eigenvalue weighted by Gasteiger charge is 2.04. The van der Waals surface area contributed by atoms with Crippen LogP contribution >= 0.6 is 0 Å². The zero-order valence-electron chi connectivity index (χ0n) is 40.3. The van der Waals surface area contributed by atoms with Crippen molar-refractivity contribution < 1.29 is 19.4 Å². The van der Waals surface area contributed by atoms with Gasteiger partial charge in [0.25, 0.3) is 6.47 Å². The summed E-state index contributed by atoms with van der Waals surface area (Å²) in [7, 11) is 2.50. The van der Waals surface area contributed by atoms with E-state index in [9.17, 15) is 9.59 Å². The van der Waals surface area contributed by atoms with Crippen molar-refractivity contribution in [3.05, 3.63) is 24.9 Å². The quantitative estimate of drug-likeness (QED) is 0.0271. The van der Waals surface area contributed by atoms with Crippen LogP contribution in [-0.4, -0.2) is 69.7 Å². The van der Waals surface area contributed by atoms with E-state index in [1.165, 1.54) is 219 Å². The van der Waals surface area contributed by atoms with Gasteiger partial charge in [-0.2, -0.15) is 0 Å². The lowest BCUT2D eigenvalue weighted by Crippen LogP contribution is -2.28. The Labute approximate surface area is 364 Å². The number of allylic oxidation sites excluding steroid dienone is 1. The molecule has 0 radical (unpaired) electrons. The molecule has 8 heteroatoms. The van der Waals surface area contributed by atoms with Crippen molar-refractivity contribution in [2.24, 2.45) is 17.2 Å². The van der Waals surface area contributed by atoms with Gasteiger partial charge in [0, 0.05) is 13.5 Å². The van der Waals surface area contributed by atoms with Gasteiger partial charge >= 0.3 is 0 Å². The summed E-state index contributed by atoms with van der Waals surface area (Å²) in [5.74, 6) is 0. The predicted molar refractivity (Wildman–Crippen MR) is 260 cm³/mol. The first-order valence-electron chi connectivity index (χ1n) is 24.5. The number of carbonyl (C=O) groups is 2. The van der Waals surface area contributed by atoms with Crippen molar-refractivity contribution in [1.29, 1.82) is 0 Å². The lowest BCUT2D eigenvalue weighted by molar-refractivity contribution is -0.127. The Hall–Kier alpha value is -1.74. The fraction of sp³-hybridized carbons (Fsp3) is 0.880. The molecule has 0 aromatic carbocycles. The molecule has 0 aliphatic carbocycles. The second kappa shape index (κ2) is 79.4. The number of hydrogen-bond donors (Lipinski definition) is 4. The number of aliphatic hydroxyl groups is 1. The monoisotopic (exact) mass is 829 g/mol. The summed E-state index contributed by atoms with van der Waals surface area (Å²) >= 11 is 0. The molecule has 0 atom stereocenters. The average molecular weight is 829 g/mol. The summed E-state index contributed by atoms with van der Waals surface area (Å²) in [5.41, 5.74) is 14.9. The molecule has 0 aromatic rings. The third kappa shape index (κ3) is 86.2. The summed E-state index contributed by atoms with van der Waals surface area (Å²) in [6, 6.07) is 0. The minimum atomic E-state index is 0.414. The van der Waals surface area contributed by atoms with Gasteiger partial charge in [-0.1, -0.05) is 213 Å². The number of nitrogens with zero attached hydrogens (tertiary/aromatic N) is 1. The van der Waals surface area contributed by atoms with Crippen molar-refractivity contribution >= 4 is 12.8 Å². The van der Waals surface area contributed by atoms with Crippen LogP contribution in [0.25, 0.3) is 0 Å². The Balaban J connectivity index is -0.000000190. The van der Waals surface area contributed by atoms with Crippen LogP contribution in [0.15, 0.2) is 24.9 Å². The summed E-state index contributed by atoms with van der Waals surface area (Å²) in [4.78, 5) is 22.3. The van der Waals surface area contributed by atoms with Crippen molar-refractivity contribution in [3.8, 4) is 0 Å². The van der Waals surface area contributed by atoms with E-state index >= 15 is 0 Å². The normalized spacial score (nSPS) is 10.0. The van der Waals surface area contributed by atoms with E-state index in [4.69, 9.17) is 10.8 Å². The highest BCUT2D eigenvalue weighted by atomic mass is 16.5. The van der Waals surface area contributed by atoms with Gasteiger partial charge in [0.1, 0.15) is 12.9 Å². The third-order valence-electron chi connectivity index (χ3n) is 9.66. The van der Waals surface area contributed by atoms with Crippen LogP contribution in [0.5, 0.6) is 0 Å². The van der Waals surface area contributed by atoms with Gasteiger partial charge in [0.05, 0.1) is 0 Å². The van der Waals surface area contributed by atoms with Gasteiger partial charge in [-0.05, 0) is 78.0 Å². The van der Waals surface area contributed by atoms with Crippen LogP contribution in [0.3, 0.4) is 0 Å². The molecule has 0 saturated carbocycles. The number of aliphatic hydroxyl groups excluding tert-OH is 1. The first kappa shape index (κ1) is 68.0. The van der Waals surface area contributed by atoms with E-state index in [1.54, 1.807) is 0 Å². The maximum atomic E-state index is 9.89. The molecule has 0 bridgehead atoms. The Morgan fingerprint density at radius 2 is 0.776 bits per heavy atom. The fourth-order valence-corrected chi connectivity index (χ4v) is 6.27. The Kier molecular flexibility index (Phi) is 93.1. The molecular formula is C50H108N4O4. The van der Waals surface area contributed by atoms with E-state index in [0.29, 0.717) is 13.1 Å². The SMILES string of the molecule is C=CN.CCCCCC/C=C\COC=O.CCCCCCCCC=O.CCCCCCCCCCCCCCCCN(CCCN)CCCCCCCC.CN.CO. The molecule has 0 saturated heterocycles. The fourth-order valence-electron chi connectivity index (χ4n) is 6.27. The highest BCUT2D eigenvalue weighted by molar-refractivity contribution is 5.48. The minimum Gasteiger partial charge on any atom is -0.464 e. The van der Waals surface area contributed by atoms with Crippen LogP contribution in [0.2, 0.25) is 0 Å². The Morgan fingerprint density at radius 3 is 1.10 bits per heavy atom. The molecule has 7 N–H and O–H groups in total. The van der Waals surface area contributed by atoms with Crippen LogP contribution in [0.4, 0.5) is 0 Å². The molecule has 0 fully saturated rings. The van der Waals surface area contributed by atoms with E-state index < -0.39 is 0 Å². The molecule has 0 amide bonds. The summed E-state index contributed by atoms with van der Waals surface area (Å²) in [6.07, 6.45) is 50.7. The highest BCUT2D eigenvalue weighted by Crippen LogP contribution is 2.14. The summed E-state index contributed by atoms with van der Waals surface area (Å²) < 4.78 is 4.49. The summed E-state index contributed by atoms with van der Waals surface area (Å²) in [6.45, 7) is 17.7. The molecule has 0 rings (SSSR count). The van der Waals surface area contributed by atoms with Crippen molar-refractivity contribution in [3.63, 3.8) is 0 Å². The van der Waals surface area contributed by atoms with Crippen molar-refractivity contribution in [1.82, 2.24) is 4.90 Å². The van der Waals surface area contributed by atoms with Gasteiger partial charge in [-0.25, -0.2) is 0 Å². The second-order valence-corrected chi connectivity index (χ2v) is 15.1. The molecule has 352 valence electrons. The number of hydrogen-bond acceptors (Lipinski definition) is 8. The van der Waals surface area contributed by atoms with Crippen LogP contribution < -0.4 is 17.2 Å². The van der Waals surface area contributed by atoms with E-state index in [1.807, 2.05) is 6.08 Å². The van der Waals surface area contributed by atoms with Gasteiger partial charge < -0.3 is 36.7 Å². The molecule has 0 spiro atoms. The maximum absolute atomic E-state index is 9.89. The minimum absolute atomic E-state index is 0.414. The van der Waals surface area contributed by atoms with Crippen LogP contribution in [-0.2, 0) is 14.3 Å². The lowest BCUT2D eigenvalue weighted by Gasteiger charge is -2.22. The molecular weight excluding hydrogens is 721 g/mol. The molecule has 0 aromatic heterocycles.